The number of aliphatic hydroxyl groups is 1. The monoisotopic (exact) mass is 320 g/mol. The molecule has 0 radical (unpaired) electrons. The van der Waals surface area contributed by atoms with Crippen LogP contribution < -0.4 is 10.5 Å². The van der Waals surface area contributed by atoms with Crippen molar-refractivity contribution < 1.29 is 23.1 Å². The van der Waals surface area contributed by atoms with E-state index in [1.54, 1.807) is 18.2 Å². The van der Waals surface area contributed by atoms with Gasteiger partial charge in [-0.25, -0.2) is 9.18 Å². The quantitative estimate of drug-likeness (QED) is 0.743. The third kappa shape index (κ3) is 3.49. The maximum atomic E-state index is 13.4. The summed E-state index contributed by atoms with van der Waals surface area (Å²) in [6.07, 6.45) is 0.354. The van der Waals surface area contributed by atoms with Gasteiger partial charge in [-0.2, -0.15) is 4.68 Å². The van der Waals surface area contributed by atoms with E-state index in [1.807, 2.05) is 0 Å². The van der Waals surface area contributed by atoms with Crippen molar-refractivity contribution >= 4 is 0 Å². The van der Waals surface area contributed by atoms with E-state index in [1.165, 1.54) is 24.5 Å². The van der Waals surface area contributed by atoms with Crippen LogP contribution in [-0.4, -0.2) is 27.6 Å². The molecule has 0 spiro atoms. The summed E-state index contributed by atoms with van der Waals surface area (Å²) >= 11 is 0. The molecule has 3 rings (SSSR count). The highest BCUT2D eigenvalue weighted by Crippen LogP contribution is 2.16. The molecule has 0 bridgehead atoms. The Morgan fingerprint density at radius 1 is 1.30 bits per heavy atom. The SMILES string of the molecule is O=c1oc(-c2ccco2)nn1C[C@H](O)COc1ccccc1F. The molecular weight excluding hydrogens is 307 g/mol. The second-order valence-corrected chi connectivity index (χ2v) is 4.73. The van der Waals surface area contributed by atoms with Crippen LogP contribution in [0.4, 0.5) is 4.39 Å². The molecule has 120 valence electrons. The van der Waals surface area contributed by atoms with Crippen molar-refractivity contribution in [3.8, 4) is 17.4 Å². The number of nitrogens with zero attached hydrogens (tertiary/aromatic N) is 2. The predicted molar refractivity (Wildman–Crippen MR) is 76.4 cm³/mol. The normalized spacial score (nSPS) is 12.3. The molecular formula is C15H13FN2O5. The summed E-state index contributed by atoms with van der Waals surface area (Å²) in [7, 11) is 0. The summed E-state index contributed by atoms with van der Waals surface area (Å²) in [5, 5.41) is 13.8. The molecule has 1 N–H and O–H groups in total. The molecule has 0 aliphatic rings. The van der Waals surface area contributed by atoms with E-state index >= 15 is 0 Å². The minimum Gasteiger partial charge on any atom is -0.488 e. The molecule has 0 aliphatic heterocycles. The summed E-state index contributed by atoms with van der Waals surface area (Å²) in [6.45, 7) is -0.353. The van der Waals surface area contributed by atoms with Gasteiger partial charge < -0.3 is 18.7 Å². The minimum atomic E-state index is -1.07. The average molecular weight is 320 g/mol. The fraction of sp³-hybridized carbons (Fsp3) is 0.200. The molecule has 8 heteroatoms. The van der Waals surface area contributed by atoms with E-state index in [0.717, 1.165) is 4.68 Å². The maximum absolute atomic E-state index is 13.4. The first-order valence-electron chi connectivity index (χ1n) is 6.80. The highest BCUT2D eigenvalue weighted by molar-refractivity contribution is 5.42. The zero-order valence-electron chi connectivity index (χ0n) is 11.9. The van der Waals surface area contributed by atoms with Gasteiger partial charge in [-0.05, 0) is 24.3 Å². The number of para-hydroxylation sites is 1. The molecule has 0 fully saturated rings. The van der Waals surface area contributed by atoms with Crippen molar-refractivity contribution in [2.24, 2.45) is 0 Å². The van der Waals surface area contributed by atoms with E-state index < -0.39 is 17.7 Å². The number of ether oxygens (including phenoxy) is 1. The molecule has 0 aliphatic carbocycles. The highest BCUT2D eigenvalue weighted by Gasteiger charge is 2.16. The summed E-state index contributed by atoms with van der Waals surface area (Å²) in [5.74, 6) is -0.921. The highest BCUT2D eigenvalue weighted by atomic mass is 19.1. The number of aromatic nitrogens is 2. The number of halogens is 1. The van der Waals surface area contributed by atoms with Crippen LogP contribution in [0.5, 0.6) is 5.75 Å². The molecule has 1 aromatic carbocycles. The molecule has 0 unspecified atom stereocenters. The lowest BCUT2D eigenvalue weighted by Crippen LogP contribution is -2.29. The molecule has 23 heavy (non-hydrogen) atoms. The van der Waals surface area contributed by atoms with Crippen molar-refractivity contribution in [1.29, 1.82) is 0 Å². The van der Waals surface area contributed by atoms with Gasteiger partial charge >= 0.3 is 5.76 Å². The van der Waals surface area contributed by atoms with Crippen molar-refractivity contribution in [3.05, 3.63) is 59.0 Å². The van der Waals surface area contributed by atoms with E-state index in [-0.39, 0.29) is 24.8 Å². The van der Waals surface area contributed by atoms with E-state index in [4.69, 9.17) is 13.6 Å². The van der Waals surface area contributed by atoms with Crippen molar-refractivity contribution in [2.75, 3.05) is 6.61 Å². The zero-order valence-corrected chi connectivity index (χ0v) is 11.9. The molecule has 3 aromatic rings. The Labute approximate surface area is 129 Å². The zero-order chi connectivity index (χ0) is 16.2. The Morgan fingerprint density at radius 3 is 2.87 bits per heavy atom. The number of furan rings is 1. The van der Waals surface area contributed by atoms with Crippen LogP contribution in [-0.2, 0) is 6.54 Å². The third-order valence-electron chi connectivity index (χ3n) is 2.99. The molecule has 0 saturated heterocycles. The molecule has 2 heterocycles. The number of rotatable bonds is 6. The van der Waals surface area contributed by atoms with Crippen LogP contribution >= 0.6 is 0 Å². The van der Waals surface area contributed by atoms with Crippen LogP contribution in [0.3, 0.4) is 0 Å². The van der Waals surface area contributed by atoms with Gasteiger partial charge in [0.1, 0.15) is 12.7 Å². The van der Waals surface area contributed by atoms with Gasteiger partial charge in [0.2, 0.25) is 0 Å². The average Bonchev–Trinajstić information content (AvgIpc) is 3.17. The largest absolute Gasteiger partial charge is 0.488 e. The maximum Gasteiger partial charge on any atom is 0.437 e. The number of hydrogen-bond acceptors (Lipinski definition) is 6. The molecule has 0 saturated carbocycles. The first-order valence-corrected chi connectivity index (χ1v) is 6.80. The fourth-order valence-electron chi connectivity index (χ4n) is 1.92. The lowest BCUT2D eigenvalue weighted by molar-refractivity contribution is 0.0856. The van der Waals surface area contributed by atoms with Gasteiger partial charge in [0.15, 0.2) is 17.3 Å². The number of hydrogen-bond donors (Lipinski definition) is 1. The van der Waals surface area contributed by atoms with E-state index in [9.17, 15) is 14.3 Å². The predicted octanol–water partition coefficient (Wildman–Crippen LogP) is 1.68. The standard InChI is InChI=1S/C15H13FN2O5/c16-11-4-1-2-5-12(11)22-9-10(19)8-18-15(20)23-14(17-18)13-6-3-7-21-13/h1-7,10,19H,8-9H2/t10-/m0/s1. The van der Waals surface area contributed by atoms with Crippen LogP contribution in [0.1, 0.15) is 0 Å². The Hall–Kier alpha value is -2.87. The molecule has 1 atom stereocenters. The van der Waals surface area contributed by atoms with Gasteiger partial charge in [-0.1, -0.05) is 12.1 Å². The van der Waals surface area contributed by atoms with Crippen molar-refractivity contribution in [2.45, 2.75) is 12.6 Å². The Kier molecular flexibility index (Phi) is 4.24. The topological polar surface area (TPSA) is 90.6 Å². The van der Waals surface area contributed by atoms with Gasteiger partial charge in [0, 0.05) is 0 Å². The van der Waals surface area contributed by atoms with Crippen molar-refractivity contribution in [1.82, 2.24) is 9.78 Å². The van der Waals surface area contributed by atoms with Crippen LogP contribution in [0.25, 0.3) is 11.7 Å². The van der Waals surface area contributed by atoms with E-state index in [2.05, 4.69) is 5.10 Å². The number of aliphatic hydroxyl groups excluding tert-OH is 1. The summed E-state index contributed by atoms with van der Waals surface area (Å²) in [5.41, 5.74) is 0. The molecule has 0 amide bonds. The van der Waals surface area contributed by atoms with Gasteiger partial charge in [-0.15, -0.1) is 5.10 Å². The van der Waals surface area contributed by atoms with Crippen molar-refractivity contribution in [3.63, 3.8) is 0 Å². The first-order chi connectivity index (χ1) is 11.1. The Balaban J connectivity index is 1.63. The second-order valence-electron chi connectivity index (χ2n) is 4.73. The second kappa shape index (κ2) is 6.49. The Morgan fingerprint density at radius 2 is 2.13 bits per heavy atom. The summed E-state index contributed by atoms with van der Waals surface area (Å²) in [6, 6.07) is 9.06. The summed E-state index contributed by atoms with van der Waals surface area (Å²) < 4.78 is 29.5. The van der Waals surface area contributed by atoms with Gasteiger partial charge in [-0.3, -0.25) is 0 Å². The lowest BCUT2D eigenvalue weighted by atomic mass is 10.3. The van der Waals surface area contributed by atoms with Crippen LogP contribution in [0.15, 0.2) is 56.3 Å². The minimum absolute atomic E-state index is 0.0159. The van der Waals surface area contributed by atoms with Gasteiger partial charge in [0.05, 0.1) is 12.8 Å². The lowest BCUT2D eigenvalue weighted by Gasteiger charge is -2.11. The third-order valence-corrected chi connectivity index (χ3v) is 2.99. The fourth-order valence-corrected chi connectivity index (χ4v) is 1.92. The van der Waals surface area contributed by atoms with Crippen LogP contribution in [0, 0.1) is 5.82 Å². The first kappa shape index (κ1) is 15.0. The van der Waals surface area contributed by atoms with E-state index in [0.29, 0.717) is 5.76 Å². The smallest absolute Gasteiger partial charge is 0.437 e. The molecule has 2 aromatic heterocycles. The molecule has 7 nitrogen and oxygen atoms in total. The summed E-state index contributed by atoms with van der Waals surface area (Å²) in [4.78, 5) is 11.7. The Bertz CT molecular complexity index is 825. The number of benzene rings is 1. The van der Waals surface area contributed by atoms with Crippen LogP contribution in [0.2, 0.25) is 0 Å². The van der Waals surface area contributed by atoms with Gasteiger partial charge in [0.25, 0.3) is 5.89 Å².